The molecule has 0 spiro atoms. The summed E-state index contributed by atoms with van der Waals surface area (Å²) in [6, 6.07) is 31.2. The monoisotopic (exact) mass is 412 g/mol. The van der Waals surface area contributed by atoms with Crippen molar-refractivity contribution in [1.29, 1.82) is 0 Å². The fourth-order valence-electron chi connectivity index (χ4n) is 4.29. The molecule has 0 aliphatic carbocycles. The molecule has 0 saturated carbocycles. The van der Waals surface area contributed by atoms with Crippen molar-refractivity contribution in [3.05, 3.63) is 121 Å². The Bertz CT molecular complexity index is 1530. The number of hydrogen-bond donors (Lipinski definition) is 0. The standard InChI is InChI=1S/C28H20N4/c1-2-8-20(9-3-1)18-21-14-17-32-26(19-21)27(28(31-32)25-12-6-7-15-29-25)23-13-16-30-24-11-5-4-10-22(23)24/h1-17,19H,18H2. The van der Waals surface area contributed by atoms with Gasteiger partial charge in [-0.25, -0.2) is 4.52 Å². The molecule has 0 aliphatic rings. The van der Waals surface area contributed by atoms with Gasteiger partial charge in [0.15, 0.2) is 0 Å². The summed E-state index contributed by atoms with van der Waals surface area (Å²) in [5, 5.41) is 6.06. The summed E-state index contributed by atoms with van der Waals surface area (Å²) >= 11 is 0. The van der Waals surface area contributed by atoms with Gasteiger partial charge in [0.25, 0.3) is 0 Å². The highest BCUT2D eigenvalue weighted by Crippen LogP contribution is 2.38. The smallest absolute Gasteiger partial charge is 0.120 e. The summed E-state index contributed by atoms with van der Waals surface area (Å²) < 4.78 is 1.96. The Morgan fingerprint density at radius 2 is 1.53 bits per heavy atom. The van der Waals surface area contributed by atoms with Crippen molar-refractivity contribution in [1.82, 2.24) is 19.6 Å². The van der Waals surface area contributed by atoms with Gasteiger partial charge in [0, 0.05) is 29.5 Å². The van der Waals surface area contributed by atoms with Gasteiger partial charge in [-0.05, 0) is 59.5 Å². The van der Waals surface area contributed by atoms with Crippen molar-refractivity contribution in [3.63, 3.8) is 0 Å². The van der Waals surface area contributed by atoms with E-state index in [1.165, 1.54) is 11.1 Å². The second-order valence-corrected chi connectivity index (χ2v) is 7.84. The van der Waals surface area contributed by atoms with Crippen LogP contribution in [0.25, 0.3) is 38.9 Å². The second-order valence-electron chi connectivity index (χ2n) is 7.84. The lowest BCUT2D eigenvalue weighted by Crippen LogP contribution is -1.92. The summed E-state index contributed by atoms with van der Waals surface area (Å²) in [7, 11) is 0. The van der Waals surface area contributed by atoms with Crippen LogP contribution >= 0.6 is 0 Å². The third-order valence-electron chi connectivity index (χ3n) is 5.78. The summed E-state index contributed by atoms with van der Waals surface area (Å²) in [4.78, 5) is 9.17. The molecule has 0 atom stereocenters. The maximum absolute atomic E-state index is 4.95. The molecule has 32 heavy (non-hydrogen) atoms. The van der Waals surface area contributed by atoms with E-state index in [1.54, 1.807) is 0 Å². The molecule has 2 aromatic carbocycles. The molecule has 0 radical (unpaired) electrons. The number of pyridine rings is 3. The minimum atomic E-state index is 0.858. The fourth-order valence-corrected chi connectivity index (χ4v) is 4.29. The number of rotatable bonds is 4. The summed E-state index contributed by atoms with van der Waals surface area (Å²) in [5.74, 6) is 0. The molecule has 4 heteroatoms. The minimum absolute atomic E-state index is 0.858. The van der Waals surface area contributed by atoms with E-state index in [-0.39, 0.29) is 0 Å². The first-order valence-electron chi connectivity index (χ1n) is 10.7. The van der Waals surface area contributed by atoms with E-state index in [0.717, 1.165) is 45.4 Å². The average Bonchev–Trinajstić information content (AvgIpc) is 3.23. The zero-order chi connectivity index (χ0) is 21.3. The van der Waals surface area contributed by atoms with Gasteiger partial charge >= 0.3 is 0 Å². The Morgan fingerprint density at radius 1 is 0.688 bits per heavy atom. The van der Waals surface area contributed by atoms with Crippen LogP contribution in [0.2, 0.25) is 0 Å². The number of aromatic nitrogens is 4. The number of hydrogen-bond acceptors (Lipinski definition) is 3. The Kier molecular flexibility index (Phi) is 4.47. The second kappa shape index (κ2) is 7.75. The van der Waals surface area contributed by atoms with Crippen LogP contribution in [0.15, 0.2) is 110 Å². The quantitative estimate of drug-likeness (QED) is 0.346. The van der Waals surface area contributed by atoms with E-state index < -0.39 is 0 Å². The molecule has 6 aromatic rings. The van der Waals surface area contributed by atoms with Crippen LogP contribution in [0.3, 0.4) is 0 Å². The first-order chi connectivity index (χ1) is 15.9. The summed E-state index contributed by atoms with van der Waals surface area (Å²) in [6.07, 6.45) is 6.61. The van der Waals surface area contributed by atoms with Crippen LogP contribution in [0.1, 0.15) is 11.1 Å². The van der Waals surface area contributed by atoms with E-state index in [2.05, 4.69) is 70.6 Å². The highest BCUT2D eigenvalue weighted by molar-refractivity contribution is 6.03. The molecular weight excluding hydrogens is 392 g/mol. The van der Waals surface area contributed by atoms with Gasteiger partial charge in [0.05, 0.1) is 16.7 Å². The van der Waals surface area contributed by atoms with Gasteiger partial charge in [-0.2, -0.15) is 5.10 Å². The average molecular weight is 412 g/mol. The van der Waals surface area contributed by atoms with E-state index in [4.69, 9.17) is 5.10 Å². The highest BCUT2D eigenvalue weighted by atomic mass is 15.2. The van der Waals surface area contributed by atoms with E-state index in [9.17, 15) is 0 Å². The Hall–Kier alpha value is -4.31. The highest BCUT2D eigenvalue weighted by Gasteiger charge is 2.19. The molecule has 0 amide bonds. The van der Waals surface area contributed by atoms with Crippen LogP contribution in [-0.2, 0) is 6.42 Å². The molecule has 0 saturated heterocycles. The molecule has 0 unspecified atom stereocenters. The maximum atomic E-state index is 4.95. The van der Waals surface area contributed by atoms with Crippen molar-refractivity contribution in [2.24, 2.45) is 0 Å². The van der Waals surface area contributed by atoms with Crippen LogP contribution in [-0.4, -0.2) is 19.6 Å². The molecule has 4 heterocycles. The van der Waals surface area contributed by atoms with Crippen molar-refractivity contribution < 1.29 is 0 Å². The molecule has 0 aliphatic heterocycles. The van der Waals surface area contributed by atoms with Crippen molar-refractivity contribution in [3.8, 4) is 22.5 Å². The third kappa shape index (κ3) is 3.22. The van der Waals surface area contributed by atoms with Gasteiger partial charge < -0.3 is 0 Å². The van der Waals surface area contributed by atoms with Crippen LogP contribution in [0.5, 0.6) is 0 Å². The van der Waals surface area contributed by atoms with E-state index >= 15 is 0 Å². The van der Waals surface area contributed by atoms with Gasteiger partial charge in [0.2, 0.25) is 0 Å². The van der Waals surface area contributed by atoms with Gasteiger partial charge in [-0.3, -0.25) is 9.97 Å². The first kappa shape index (κ1) is 18.5. The molecule has 6 rings (SSSR count). The molecule has 0 fully saturated rings. The maximum Gasteiger partial charge on any atom is 0.120 e. The van der Waals surface area contributed by atoms with Gasteiger partial charge in [-0.1, -0.05) is 54.6 Å². The molecule has 152 valence electrons. The Morgan fingerprint density at radius 3 is 2.41 bits per heavy atom. The fraction of sp³-hybridized carbons (Fsp3) is 0.0357. The number of nitrogens with zero attached hydrogens (tertiary/aromatic N) is 4. The van der Waals surface area contributed by atoms with Crippen LogP contribution in [0.4, 0.5) is 0 Å². The molecule has 0 N–H and O–H groups in total. The molecule has 4 nitrogen and oxygen atoms in total. The normalized spacial score (nSPS) is 11.2. The van der Waals surface area contributed by atoms with Gasteiger partial charge in [-0.15, -0.1) is 0 Å². The Labute approximate surface area is 185 Å². The lowest BCUT2D eigenvalue weighted by Gasteiger charge is -2.08. The molecule has 4 aromatic heterocycles. The summed E-state index contributed by atoms with van der Waals surface area (Å²) in [5.41, 5.74) is 8.50. The number of para-hydroxylation sites is 1. The number of fused-ring (bicyclic) bond motifs is 2. The largest absolute Gasteiger partial charge is 0.256 e. The van der Waals surface area contributed by atoms with Crippen molar-refractivity contribution in [2.45, 2.75) is 6.42 Å². The molecular formula is C28H20N4. The predicted molar refractivity (Wildman–Crippen MR) is 128 cm³/mol. The van der Waals surface area contributed by atoms with E-state index in [0.29, 0.717) is 0 Å². The van der Waals surface area contributed by atoms with Crippen LogP contribution in [0, 0.1) is 0 Å². The lowest BCUT2D eigenvalue weighted by atomic mass is 9.97. The molecule has 0 bridgehead atoms. The topological polar surface area (TPSA) is 43.1 Å². The van der Waals surface area contributed by atoms with Crippen LogP contribution < -0.4 is 0 Å². The third-order valence-corrected chi connectivity index (χ3v) is 5.78. The zero-order valence-electron chi connectivity index (χ0n) is 17.4. The Balaban J connectivity index is 1.62. The van der Waals surface area contributed by atoms with Gasteiger partial charge in [0.1, 0.15) is 5.69 Å². The number of benzene rings is 2. The van der Waals surface area contributed by atoms with E-state index in [1.807, 2.05) is 53.4 Å². The van der Waals surface area contributed by atoms with Crippen molar-refractivity contribution >= 4 is 16.4 Å². The van der Waals surface area contributed by atoms with Crippen molar-refractivity contribution in [2.75, 3.05) is 0 Å². The minimum Gasteiger partial charge on any atom is -0.256 e. The predicted octanol–water partition coefficient (Wildman–Crippen LogP) is 6.20. The SMILES string of the molecule is c1ccc(Cc2ccn3nc(-c4ccccn4)c(-c4ccnc5ccccc45)c3c2)cc1. The lowest BCUT2D eigenvalue weighted by molar-refractivity contribution is 0.954. The zero-order valence-corrected chi connectivity index (χ0v) is 17.4. The first-order valence-corrected chi connectivity index (χ1v) is 10.7. The summed E-state index contributed by atoms with van der Waals surface area (Å²) in [6.45, 7) is 0.